The minimum atomic E-state index is -4.62. The number of hydrogen-bond acceptors (Lipinski definition) is 6. The molecule has 0 fully saturated rings. The zero-order valence-corrected chi connectivity index (χ0v) is 16.1. The minimum Gasteiger partial charge on any atom is -0.440 e. The average molecular weight is 434 g/mol. The number of imidazole rings is 1. The number of aromatic nitrogens is 4. The van der Waals surface area contributed by atoms with Gasteiger partial charge in [-0.1, -0.05) is 23.1 Å². The van der Waals surface area contributed by atoms with Gasteiger partial charge in [0.05, 0.1) is 22.9 Å². The average Bonchev–Trinajstić information content (AvgIpc) is 3.03. The van der Waals surface area contributed by atoms with Crippen LogP contribution in [0.2, 0.25) is 0 Å². The zero-order chi connectivity index (χ0) is 21.6. The number of nitrogens with zero attached hydrogens (tertiary/aromatic N) is 4. The quantitative estimate of drug-likeness (QED) is 0.366. The number of halogens is 4. The number of hydrogen-bond donors (Lipinski definition) is 1. The number of rotatable bonds is 3. The summed E-state index contributed by atoms with van der Waals surface area (Å²) in [5.41, 5.74) is 0.260. The van der Waals surface area contributed by atoms with Crippen LogP contribution in [0.4, 0.5) is 17.6 Å². The van der Waals surface area contributed by atoms with Crippen molar-refractivity contribution in [2.75, 3.05) is 0 Å². The first kappa shape index (κ1) is 20.0. The van der Waals surface area contributed by atoms with E-state index in [9.17, 15) is 21.8 Å². The van der Waals surface area contributed by atoms with Crippen LogP contribution in [0.3, 0.4) is 0 Å². The van der Waals surface area contributed by atoms with Crippen molar-refractivity contribution in [3.05, 3.63) is 60.3 Å². The highest BCUT2D eigenvalue weighted by Crippen LogP contribution is 2.32. The Labute approximate surface area is 169 Å². The predicted octanol–water partition coefficient (Wildman–Crippen LogP) is 4.94. The molecule has 154 valence electrons. The van der Waals surface area contributed by atoms with Crippen LogP contribution in [-0.2, 0) is 28.0 Å². The molecule has 1 N–H and O–H groups in total. The van der Waals surface area contributed by atoms with Crippen molar-refractivity contribution < 1.29 is 21.8 Å². The number of fused-ring (bicyclic) bond motifs is 1. The molecule has 0 amide bonds. The van der Waals surface area contributed by atoms with E-state index in [0.29, 0.717) is 16.6 Å². The summed E-state index contributed by atoms with van der Waals surface area (Å²) in [6, 6.07) is 7.93. The predicted molar refractivity (Wildman–Crippen MR) is 101 cm³/mol. The van der Waals surface area contributed by atoms with Gasteiger partial charge in [-0.3, -0.25) is 4.98 Å². The van der Waals surface area contributed by atoms with Crippen LogP contribution in [0.1, 0.15) is 5.69 Å². The summed E-state index contributed by atoms with van der Waals surface area (Å²) in [6.07, 6.45) is -2.17. The van der Waals surface area contributed by atoms with E-state index < -0.39 is 28.3 Å². The van der Waals surface area contributed by atoms with Crippen LogP contribution in [0.5, 0.6) is 0 Å². The maximum atomic E-state index is 13.5. The van der Waals surface area contributed by atoms with E-state index in [-0.39, 0.29) is 21.9 Å². The highest BCUT2D eigenvalue weighted by atomic mass is 32.2. The number of aryl methyl sites for hydroxylation is 1. The van der Waals surface area contributed by atoms with E-state index >= 15 is 0 Å². The fourth-order valence-electron chi connectivity index (χ4n) is 3.04. The summed E-state index contributed by atoms with van der Waals surface area (Å²) < 4.78 is 73.6. The molecule has 0 bridgehead atoms. The number of pyridine rings is 2. The summed E-state index contributed by atoms with van der Waals surface area (Å²) >= 11 is 0. The molecule has 0 aliphatic heterocycles. The van der Waals surface area contributed by atoms with Crippen LogP contribution in [0.25, 0.3) is 33.7 Å². The smallest absolute Gasteiger partial charge is 0.433 e. The highest BCUT2D eigenvalue weighted by Gasteiger charge is 2.33. The van der Waals surface area contributed by atoms with E-state index in [1.807, 2.05) is 0 Å². The molecule has 0 aliphatic carbocycles. The first-order chi connectivity index (χ1) is 14.1. The lowest BCUT2D eigenvalue weighted by Gasteiger charge is -2.13. The molecule has 1 aromatic carbocycles. The number of alkyl halides is 3. The van der Waals surface area contributed by atoms with Crippen LogP contribution in [-0.4, -0.2) is 19.5 Å². The molecule has 0 unspecified atom stereocenters. The fourth-order valence-corrected chi connectivity index (χ4v) is 3.59. The summed E-state index contributed by atoms with van der Waals surface area (Å²) in [4.78, 5) is 11.9. The second-order valence-corrected chi connectivity index (χ2v) is 7.38. The van der Waals surface area contributed by atoms with E-state index in [4.69, 9.17) is 4.78 Å². The van der Waals surface area contributed by atoms with Crippen LogP contribution < -0.4 is 0 Å². The van der Waals surface area contributed by atoms with Gasteiger partial charge in [-0.25, -0.2) is 14.4 Å². The van der Waals surface area contributed by atoms with E-state index in [0.717, 1.165) is 12.3 Å². The highest BCUT2D eigenvalue weighted by molar-refractivity contribution is 7.73. The van der Waals surface area contributed by atoms with Gasteiger partial charge in [-0.2, -0.15) is 23.8 Å². The lowest BCUT2D eigenvalue weighted by atomic mass is 10.1. The fraction of sp³-hybridized carbons (Fsp3) is 0.105. The molecular formula is C19H12F4N5OS-. The second-order valence-electron chi connectivity index (χ2n) is 6.40. The Hall–Kier alpha value is -3.34. The Bertz CT molecular complexity index is 1350. The Kier molecular flexibility index (Phi) is 4.77. The molecule has 0 aliphatic rings. The third kappa shape index (κ3) is 3.52. The van der Waals surface area contributed by atoms with Gasteiger partial charge in [0.1, 0.15) is 11.5 Å². The molecule has 4 aromatic rings. The lowest BCUT2D eigenvalue weighted by molar-refractivity contribution is -0.141. The van der Waals surface area contributed by atoms with E-state index in [1.165, 1.54) is 35.0 Å². The monoisotopic (exact) mass is 434 g/mol. The van der Waals surface area contributed by atoms with Gasteiger partial charge in [0.25, 0.3) is 0 Å². The molecular weight excluding hydrogens is 422 g/mol. The van der Waals surface area contributed by atoms with Crippen molar-refractivity contribution in [1.29, 1.82) is 4.78 Å². The zero-order valence-electron chi connectivity index (χ0n) is 15.2. The molecule has 4 rings (SSSR count). The molecule has 11 heteroatoms. The van der Waals surface area contributed by atoms with Crippen molar-refractivity contribution in [2.24, 2.45) is 7.05 Å². The largest absolute Gasteiger partial charge is 0.440 e. The topological polar surface area (TPSA) is 84.5 Å². The Morgan fingerprint density at radius 2 is 1.83 bits per heavy atom. The molecule has 30 heavy (non-hydrogen) atoms. The standard InChI is InChI=1S/C19H12F4N5OS/c1-28-14-9-25-16(19(21,22)23)7-13(14)27-18(28)17-15(30(24)29)6-11(8-26-17)10-3-2-4-12(20)5-10/h2-9,24H,1H3/q-1. The third-order valence-corrected chi connectivity index (χ3v) is 5.19. The molecule has 0 saturated carbocycles. The van der Waals surface area contributed by atoms with Gasteiger partial charge in [-0.15, -0.1) is 0 Å². The molecule has 0 spiro atoms. The second kappa shape index (κ2) is 7.17. The van der Waals surface area contributed by atoms with Crippen LogP contribution in [0, 0.1) is 10.6 Å². The normalized spacial score (nSPS) is 12.1. The molecule has 0 saturated heterocycles. The van der Waals surface area contributed by atoms with Crippen LogP contribution in [0.15, 0.2) is 53.7 Å². The van der Waals surface area contributed by atoms with Crippen molar-refractivity contribution in [2.45, 2.75) is 11.1 Å². The Morgan fingerprint density at radius 1 is 1.07 bits per heavy atom. The van der Waals surface area contributed by atoms with Gasteiger partial charge in [0, 0.05) is 13.2 Å². The van der Waals surface area contributed by atoms with E-state index in [2.05, 4.69) is 15.0 Å². The van der Waals surface area contributed by atoms with Gasteiger partial charge in [-0.05, 0) is 29.3 Å². The van der Waals surface area contributed by atoms with Gasteiger partial charge >= 0.3 is 6.18 Å². The van der Waals surface area contributed by atoms with Crippen molar-refractivity contribution in [3.63, 3.8) is 0 Å². The van der Waals surface area contributed by atoms with Gasteiger partial charge < -0.3 is 13.6 Å². The molecule has 0 atom stereocenters. The molecule has 3 aromatic heterocycles. The van der Waals surface area contributed by atoms with Crippen molar-refractivity contribution >= 4 is 21.6 Å². The Balaban J connectivity index is 1.89. The van der Waals surface area contributed by atoms with Crippen LogP contribution >= 0.6 is 0 Å². The first-order valence-electron chi connectivity index (χ1n) is 8.44. The number of benzene rings is 1. The third-order valence-electron chi connectivity index (χ3n) is 4.48. The van der Waals surface area contributed by atoms with Crippen molar-refractivity contribution in [3.8, 4) is 22.6 Å². The maximum absolute atomic E-state index is 13.5. The first-order valence-corrected chi connectivity index (χ1v) is 9.59. The molecule has 3 heterocycles. The molecule has 0 radical (unpaired) electrons. The SMILES string of the molecule is Cn1c(-c2ncc(-c3cccc(F)c3)cc2[S-](=N)=O)nc2cc(C(F)(F)F)ncc21. The summed E-state index contributed by atoms with van der Waals surface area (Å²) in [6.45, 7) is 0. The maximum Gasteiger partial charge on any atom is 0.433 e. The minimum absolute atomic E-state index is 0.000767. The van der Waals surface area contributed by atoms with Gasteiger partial charge in [0.15, 0.2) is 5.82 Å². The molecule has 6 nitrogen and oxygen atoms in total. The summed E-state index contributed by atoms with van der Waals surface area (Å²) in [5, 5.41) is 0. The number of nitrogens with one attached hydrogen (secondary N) is 1. The van der Waals surface area contributed by atoms with E-state index in [1.54, 1.807) is 13.1 Å². The summed E-state index contributed by atoms with van der Waals surface area (Å²) in [7, 11) is -0.680. The Morgan fingerprint density at radius 3 is 2.50 bits per heavy atom. The van der Waals surface area contributed by atoms with Gasteiger partial charge in [0.2, 0.25) is 0 Å². The van der Waals surface area contributed by atoms with Crippen molar-refractivity contribution in [1.82, 2.24) is 19.5 Å². The lowest BCUT2D eigenvalue weighted by Crippen LogP contribution is -2.07. The summed E-state index contributed by atoms with van der Waals surface area (Å²) in [5.74, 6) is -0.332.